The van der Waals surface area contributed by atoms with Crippen LogP contribution in [0.3, 0.4) is 0 Å². The molecule has 6 atom stereocenters. The molecule has 4 aliphatic rings. The van der Waals surface area contributed by atoms with Gasteiger partial charge < -0.3 is 9.57 Å². The highest BCUT2D eigenvalue weighted by Gasteiger charge is 2.70. The molecule has 6 nitrogen and oxygen atoms in total. The summed E-state index contributed by atoms with van der Waals surface area (Å²) in [6.45, 7) is 3.91. The minimum atomic E-state index is -0.303. The number of hydrogen-bond donors (Lipinski definition) is 0. The van der Waals surface area contributed by atoms with Gasteiger partial charge in [-0.05, 0) is 61.6 Å². The van der Waals surface area contributed by atoms with Crippen molar-refractivity contribution in [2.45, 2.75) is 26.4 Å². The maximum Gasteiger partial charge on any atom is 0.238 e. The second kappa shape index (κ2) is 6.42. The maximum atomic E-state index is 13.6. The van der Waals surface area contributed by atoms with Crippen LogP contribution in [0.15, 0.2) is 47.6 Å². The monoisotopic (exact) mass is 416 g/mol. The molecule has 158 valence electrons. The van der Waals surface area contributed by atoms with Crippen molar-refractivity contribution < 1.29 is 19.2 Å². The molecule has 2 amide bonds. The number of aryl methyl sites for hydroxylation is 2. The number of carbonyl (C=O) groups excluding carboxylic acids is 2. The van der Waals surface area contributed by atoms with E-state index in [1.165, 1.54) is 4.90 Å². The van der Waals surface area contributed by atoms with Gasteiger partial charge in [0.25, 0.3) is 0 Å². The topological polar surface area (TPSA) is 68.2 Å². The molecule has 2 heterocycles. The van der Waals surface area contributed by atoms with Crippen molar-refractivity contribution in [1.82, 2.24) is 0 Å². The standard InChI is InChI=1S/C25H24N2O4/c1-12-5-4-6-13(2)22(12)27-24(28)18-16-11-17(19(18)25(27)29)23-20(16)21(26-31-23)14-7-9-15(30-3)10-8-14/h4-10,16-20,23H,11H2,1-3H3/t16-,17+,18-,19+,20-,23-/m1/s1. The van der Waals surface area contributed by atoms with E-state index in [1.807, 2.05) is 56.3 Å². The number of nitrogens with zero attached hydrogens (tertiary/aromatic N) is 2. The fourth-order valence-electron chi connectivity index (χ4n) is 6.51. The van der Waals surface area contributed by atoms with Crippen LogP contribution in [-0.2, 0) is 14.4 Å². The summed E-state index contributed by atoms with van der Waals surface area (Å²) in [4.78, 5) is 34.5. The van der Waals surface area contributed by atoms with E-state index in [0.29, 0.717) is 0 Å². The van der Waals surface area contributed by atoms with Crippen LogP contribution in [0.4, 0.5) is 5.69 Å². The lowest BCUT2D eigenvalue weighted by atomic mass is 9.71. The van der Waals surface area contributed by atoms with E-state index in [2.05, 4.69) is 5.16 Å². The van der Waals surface area contributed by atoms with E-state index in [4.69, 9.17) is 9.57 Å². The molecule has 0 aromatic heterocycles. The lowest BCUT2D eigenvalue weighted by Gasteiger charge is -2.29. The van der Waals surface area contributed by atoms with Crippen molar-refractivity contribution >= 4 is 23.2 Å². The highest BCUT2D eigenvalue weighted by Crippen LogP contribution is 2.62. The molecule has 2 bridgehead atoms. The lowest BCUT2D eigenvalue weighted by molar-refractivity contribution is -0.125. The predicted octanol–water partition coefficient (Wildman–Crippen LogP) is 3.49. The zero-order chi connectivity index (χ0) is 21.4. The Morgan fingerprint density at radius 1 is 0.935 bits per heavy atom. The van der Waals surface area contributed by atoms with Gasteiger partial charge in [0.2, 0.25) is 11.8 Å². The van der Waals surface area contributed by atoms with Gasteiger partial charge in [0.1, 0.15) is 11.9 Å². The molecule has 2 aromatic carbocycles. The minimum absolute atomic E-state index is 0.0327. The SMILES string of the molecule is COc1ccc(C2=NO[C@@H]3[C@H]4C[C@H]([C@H]5C(=O)N(c6c(C)cccc6C)C(=O)[C@@H]45)[C@H]23)cc1. The summed E-state index contributed by atoms with van der Waals surface area (Å²) in [5.41, 5.74) is 4.53. The number of amides is 2. The molecule has 2 aromatic rings. The van der Waals surface area contributed by atoms with E-state index in [-0.39, 0.29) is 47.5 Å². The minimum Gasteiger partial charge on any atom is -0.497 e. The molecule has 1 saturated heterocycles. The van der Waals surface area contributed by atoms with E-state index in [9.17, 15) is 9.59 Å². The number of methoxy groups -OCH3 is 1. The van der Waals surface area contributed by atoms with E-state index < -0.39 is 0 Å². The number of oxime groups is 1. The van der Waals surface area contributed by atoms with Crippen LogP contribution in [0.25, 0.3) is 0 Å². The number of anilines is 1. The van der Waals surface area contributed by atoms with Crippen molar-refractivity contribution in [2.24, 2.45) is 34.7 Å². The number of rotatable bonds is 3. The Balaban J connectivity index is 1.36. The van der Waals surface area contributed by atoms with E-state index >= 15 is 0 Å². The second-order valence-corrected chi connectivity index (χ2v) is 9.17. The Bertz CT molecular complexity index is 1120. The summed E-state index contributed by atoms with van der Waals surface area (Å²) >= 11 is 0. The average molecular weight is 416 g/mol. The third-order valence-electron chi connectivity index (χ3n) is 7.74. The molecule has 31 heavy (non-hydrogen) atoms. The first-order chi connectivity index (χ1) is 15.0. The quantitative estimate of drug-likeness (QED) is 0.719. The highest BCUT2D eigenvalue weighted by atomic mass is 16.6. The zero-order valence-electron chi connectivity index (χ0n) is 17.7. The van der Waals surface area contributed by atoms with Crippen molar-refractivity contribution in [2.75, 3.05) is 12.0 Å². The van der Waals surface area contributed by atoms with E-state index in [0.717, 1.165) is 40.3 Å². The number of hydrogen-bond acceptors (Lipinski definition) is 5. The number of benzene rings is 2. The maximum absolute atomic E-state index is 13.6. The summed E-state index contributed by atoms with van der Waals surface area (Å²) in [5, 5.41) is 4.41. The van der Waals surface area contributed by atoms with Crippen LogP contribution in [0.1, 0.15) is 23.1 Å². The number of carbonyl (C=O) groups is 2. The zero-order valence-corrected chi connectivity index (χ0v) is 17.7. The Labute approximate surface area is 180 Å². The summed E-state index contributed by atoms with van der Waals surface area (Å²) in [6, 6.07) is 13.7. The molecule has 2 saturated carbocycles. The van der Waals surface area contributed by atoms with Crippen LogP contribution in [0, 0.1) is 43.4 Å². The molecular formula is C25H24N2O4. The first-order valence-corrected chi connectivity index (χ1v) is 10.8. The van der Waals surface area contributed by atoms with E-state index in [1.54, 1.807) is 7.11 Å². The van der Waals surface area contributed by atoms with Gasteiger partial charge >= 0.3 is 0 Å². The van der Waals surface area contributed by atoms with Gasteiger partial charge in [0.05, 0.1) is 30.3 Å². The fourth-order valence-corrected chi connectivity index (χ4v) is 6.51. The highest BCUT2D eigenvalue weighted by molar-refractivity contribution is 6.23. The summed E-state index contributed by atoms with van der Waals surface area (Å²) in [5.74, 6) is 0.229. The summed E-state index contributed by atoms with van der Waals surface area (Å²) < 4.78 is 5.26. The van der Waals surface area contributed by atoms with Crippen molar-refractivity contribution in [3.05, 3.63) is 59.2 Å². The third-order valence-corrected chi connectivity index (χ3v) is 7.74. The Hall–Kier alpha value is -3.15. The Morgan fingerprint density at radius 3 is 2.23 bits per heavy atom. The van der Waals surface area contributed by atoms with Gasteiger partial charge in [-0.3, -0.25) is 9.59 Å². The van der Waals surface area contributed by atoms with Crippen molar-refractivity contribution in [1.29, 1.82) is 0 Å². The van der Waals surface area contributed by atoms with Gasteiger partial charge in [-0.25, -0.2) is 4.90 Å². The number of fused-ring (bicyclic) bond motifs is 8. The van der Waals surface area contributed by atoms with Crippen molar-refractivity contribution in [3.8, 4) is 5.75 Å². The molecule has 2 aliphatic heterocycles. The number of ether oxygens (including phenoxy) is 1. The van der Waals surface area contributed by atoms with Crippen molar-refractivity contribution in [3.63, 3.8) is 0 Å². The molecular weight excluding hydrogens is 392 g/mol. The van der Waals surface area contributed by atoms with Gasteiger partial charge in [0, 0.05) is 17.4 Å². The van der Waals surface area contributed by atoms with Crippen LogP contribution in [0.2, 0.25) is 0 Å². The largest absolute Gasteiger partial charge is 0.497 e. The normalized spacial score (nSPS) is 32.7. The predicted molar refractivity (Wildman–Crippen MR) is 115 cm³/mol. The van der Waals surface area contributed by atoms with Crippen LogP contribution >= 0.6 is 0 Å². The molecule has 0 N–H and O–H groups in total. The summed E-state index contributed by atoms with van der Waals surface area (Å²) in [7, 11) is 1.64. The molecule has 3 fully saturated rings. The van der Waals surface area contributed by atoms with Crippen LogP contribution in [-0.4, -0.2) is 30.7 Å². The smallest absolute Gasteiger partial charge is 0.238 e. The summed E-state index contributed by atoms with van der Waals surface area (Å²) in [6.07, 6.45) is 0.718. The average Bonchev–Trinajstić information content (AvgIpc) is 3.50. The molecule has 0 radical (unpaired) electrons. The van der Waals surface area contributed by atoms with Gasteiger partial charge in [-0.1, -0.05) is 23.4 Å². The first-order valence-electron chi connectivity index (χ1n) is 10.8. The first kappa shape index (κ1) is 18.6. The molecule has 0 unspecified atom stereocenters. The number of para-hydroxylation sites is 1. The van der Waals surface area contributed by atoms with Gasteiger partial charge in [-0.2, -0.15) is 0 Å². The molecule has 2 aliphatic carbocycles. The third kappa shape index (κ3) is 2.36. The molecule has 6 rings (SSSR count). The molecule has 0 spiro atoms. The second-order valence-electron chi connectivity index (χ2n) is 9.17. The fraction of sp³-hybridized carbons (Fsp3) is 0.400. The Kier molecular flexibility index (Phi) is 3.86. The van der Waals surface area contributed by atoms with Crippen LogP contribution in [0.5, 0.6) is 5.75 Å². The lowest BCUT2D eigenvalue weighted by Crippen LogP contribution is -2.41. The van der Waals surface area contributed by atoms with Gasteiger partial charge in [0.15, 0.2) is 0 Å². The van der Waals surface area contributed by atoms with Crippen LogP contribution < -0.4 is 9.64 Å². The van der Waals surface area contributed by atoms with Gasteiger partial charge in [-0.15, -0.1) is 0 Å². The number of imide groups is 1. The molecule has 6 heteroatoms. The Morgan fingerprint density at radius 2 is 1.58 bits per heavy atom.